The van der Waals surface area contributed by atoms with Crippen molar-refractivity contribution >= 4 is 28.2 Å². The summed E-state index contributed by atoms with van der Waals surface area (Å²) in [6.45, 7) is -1.26. The number of cyclic esters (lactones) is 1. The third-order valence-corrected chi connectivity index (χ3v) is 3.09. The highest BCUT2D eigenvalue weighted by atomic mass is 79.9. The second kappa shape index (κ2) is 2.71. The Morgan fingerprint density at radius 1 is 1.78 bits per heavy atom. The van der Waals surface area contributed by atoms with Crippen LogP contribution in [-0.4, -0.2) is 23.9 Å². The van der Waals surface area contributed by atoms with Gasteiger partial charge >= 0.3 is 6.09 Å². The van der Waals surface area contributed by atoms with Crippen molar-refractivity contribution in [1.82, 2.24) is 4.67 Å². The molecule has 1 aliphatic heterocycles. The van der Waals surface area contributed by atoms with Gasteiger partial charge in [-0.1, -0.05) is 0 Å². The Bertz CT molecular complexity index is 161. The summed E-state index contributed by atoms with van der Waals surface area (Å²) in [5, 5.41) is 0. The first-order valence-corrected chi connectivity index (χ1v) is 5.97. The van der Waals surface area contributed by atoms with Gasteiger partial charge in [-0.2, -0.15) is 0 Å². The van der Waals surface area contributed by atoms with Crippen molar-refractivity contribution in [1.29, 1.82) is 0 Å². The number of hydrogen-bond acceptors (Lipinski definition) is 3. The molecular weight excluding hydrogens is 209 g/mol. The largest absolute Gasteiger partial charge is 0.447 e. The Kier molecular flexibility index (Phi) is 2.13. The van der Waals surface area contributed by atoms with Crippen molar-refractivity contribution in [2.45, 2.75) is 0 Å². The molecule has 1 fully saturated rings. The van der Waals surface area contributed by atoms with Crippen LogP contribution in [0.3, 0.4) is 0 Å². The summed E-state index contributed by atoms with van der Waals surface area (Å²) in [5.41, 5.74) is 0. The van der Waals surface area contributed by atoms with Crippen LogP contribution in [0.15, 0.2) is 0 Å². The van der Waals surface area contributed by atoms with E-state index < -0.39 is 12.7 Å². The lowest BCUT2D eigenvalue weighted by Gasteiger charge is -2.04. The molecule has 0 saturated carbocycles. The Morgan fingerprint density at radius 3 is 2.67 bits per heavy atom. The molecule has 0 aliphatic carbocycles. The van der Waals surface area contributed by atoms with Crippen LogP contribution in [0.2, 0.25) is 0 Å². The molecule has 1 amide bonds. The van der Waals surface area contributed by atoms with Gasteiger partial charge in [0.25, 0.3) is 0 Å². The van der Waals surface area contributed by atoms with Gasteiger partial charge in [-0.25, -0.2) is 9.46 Å². The van der Waals surface area contributed by atoms with Crippen molar-refractivity contribution < 1.29 is 14.1 Å². The number of nitrogens with zero attached hydrogens (tertiary/aromatic N) is 1. The van der Waals surface area contributed by atoms with Crippen molar-refractivity contribution in [2.24, 2.45) is 0 Å². The van der Waals surface area contributed by atoms with E-state index in [2.05, 4.69) is 20.2 Å². The first-order chi connectivity index (χ1) is 4.22. The molecule has 0 aromatic rings. The van der Waals surface area contributed by atoms with Gasteiger partial charge < -0.3 is 4.74 Å². The van der Waals surface area contributed by atoms with Gasteiger partial charge in [0.2, 0.25) is 6.65 Å². The smallest absolute Gasteiger partial charge is 0.415 e. The second-order valence-corrected chi connectivity index (χ2v) is 4.60. The van der Waals surface area contributed by atoms with E-state index in [4.69, 9.17) is 0 Å². The SMILES string of the molecule is O=C1OCCN1[PH](=O)Br. The molecule has 1 heterocycles. The summed E-state index contributed by atoms with van der Waals surface area (Å²) in [5.74, 6) is 0. The molecule has 9 heavy (non-hydrogen) atoms. The fourth-order valence-electron chi connectivity index (χ4n) is 0.553. The topological polar surface area (TPSA) is 46.6 Å². The van der Waals surface area contributed by atoms with Crippen molar-refractivity contribution in [3.8, 4) is 0 Å². The summed E-state index contributed by atoms with van der Waals surface area (Å²) in [6, 6.07) is 0. The normalized spacial score (nSPS) is 21.9. The average molecular weight is 214 g/mol. The summed E-state index contributed by atoms with van der Waals surface area (Å²) in [6.07, 6.45) is -0.490. The molecule has 0 bridgehead atoms. The van der Waals surface area contributed by atoms with Gasteiger partial charge in [-0.3, -0.25) is 4.57 Å². The number of hydrogen-bond donors (Lipinski definition) is 0. The van der Waals surface area contributed by atoms with E-state index in [1.807, 2.05) is 0 Å². The summed E-state index contributed by atoms with van der Waals surface area (Å²) < 4.78 is 16.3. The van der Waals surface area contributed by atoms with E-state index >= 15 is 0 Å². The van der Waals surface area contributed by atoms with E-state index in [0.29, 0.717) is 13.2 Å². The Labute approximate surface area is 60.7 Å². The maximum atomic E-state index is 10.6. The molecule has 1 aliphatic rings. The monoisotopic (exact) mass is 213 g/mol. The summed E-state index contributed by atoms with van der Waals surface area (Å²) in [7, 11) is 0. The van der Waals surface area contributed by atoms with E-state index in [1.165, 1.54) is 4.67 Å². The van der Waals surface area contributed by atoms with Crippen LogP contribution in [0.25, 0.3) is 0 Å². The number of carbonyl (C=O) groups excluding carboxylic acids is 1. The molecule has 0 N–H and O–H groups in total. The van der Waals surface area contributed by atoms with Crippen molar-refractivity contribution in [2.75, 3.05) is 13.2 Å². The standard InChI is InChI=1S/C3H5BrNO3P/c4-9(7)5-1-2-8-3(5)6/h9H,1-2H2. The van der Waals surface area contributed by atoms with Crippen LogP contribution < -0.4 is 0 Å². The van der Waals surface area contributed by atoms with Gasteiger partial charge in [-0.05, 0) is 0 Å². The number of ether oxygens (including phenoxy) is 1. The van der Waals surface area contributed by atoms with Gasteiger partial charge in [0.1, 0.15) is 6.61 Å². The molecular formula is C3H5BrNO3P. The third kappa shape index (κ3) is 1.46. The molecule has 1 unspecified atom stereocenters. The lowest BCUT2D eigenvalue weighted by Crippen LogP contribution is -2.12. The first kappa shape index (κ1) is 7.09. The minimum Gasteiger partial charge on any atom is -0.447 e. The van der Waals surface area contributed by atoms with E-state index in [-0.39, 0.29) is 0 Å². The average Bonchev–Trinajstić information content (AvgIpc) is 2.13. The third-order valence-electron chi connectivity index (χ3n) is 0.973. The van der Waals surface area contributed by atoms with Crippen LogP contribution in [-0.2, 0) is 9.30 Å². The fourth-order valence-corrected chi connectivity index (χ4v) is 1.99. The van der Waals surface area contributed by atoms with E-state index in [0.717, 1.165) is 0 Å². The zero-order chi connectivity index (χ0) is 6.85. The quantitative estimate of drug-likeness (QED) is 0.616. The van der Waals surface area contributed by atoms with E-state index in [9.17, 15) is 9.36 Å². The molecule has 0 aromatic carbocycles. The number of halogens is 1. The molecule has 1 rings (SSSR count). The lowest BCUT2D eigenvalue weighted by molar-refractivity contribution is 0.170. The summed E-state index contributed by atoms with van der Waals surface area (Å²) >= 11 is 2.81. The minimum atomic E-state index is -2.04. The maximum absolute atomic E-state index is 10.6. The molecule has 4 nitrogen and oxygen atoms in total. The van der Waals surface area contributed by atoms with Crippen molar-refractivity contribution in [3.63, 3.8) is 0 Å². The predicted molar refractivity (Wildman–Crippen MR) is 36.0 cm³/mol. The Hall–Kier alpha value is -0.0200. The highest BCUT2D eigenvalue weighted by Gasteiger charge is 2.24. The molecule has 6 heteroatoms. The Morgan fingerprint density at radius 2 is 2.44 bits per heavy atom. The molecule has 0 aromatic heterocycles. The van der Waals surface area contributed by atoms with Crippen LogP contribution in [0, 0.1) is 0 Å². The molecule has 0 radical (unpaired) electrons. The second-order valence-electron chi connectivity index (χ2n) is 1.52. The lowest BCUT2D eigenvalue weighted by atomic mass is 10.7. The van der Waals surface area contributed by atoms with Crippen LogP contribution in [0.1, 0.15) is 0 Å². The van der Waals surface area contributed by atoms with Gasteiger partial charge in [-0.15, -0.1) is 0 Å². The zero-order valence-corrected chi connectivity index (χ0v) is 7.05. The predicted octanol–water partition coefficient (Wildman–Crippen LogP) is 1.22. The minimum absolute atomic E-state index is 0.348. The van der Waals surface area contributed by atoms with Gasteiger partial charge in [0.15, 0.2) is 0 Å². The Balaban J connectivity index is 2.60. The molecule has 52 valence electrons. The molecule has 1 saturated heterocycles. The molecule has 1 atom stereocenters. The number of carbonyl (C=O) groups is 1. The van der Waals surface area contributed by atoms with E-state index in [1.54, 1.807) is 0 Å². The fraction of sp³-hybridized carbons (Fsp3) is 0.667. The van der Waals surface area contributed by atoms with Crippen LogP contribution >= 0.6 is 22.1 Å². The highest BCUT2D eigenvalue weighted by Crippen LogP contribution is 2.36. The highest BCUT2D eigenvalue weighted by molar-refractivity contribution is 9.37. The molecule has 0 spiro atoms. The van der Waals surface area contributed by atoms with Crippen LogP contribution in [0.4, 0.5) is 4.79 Å². The number of rotatable bonds is 1. The van der Waals surface area contributed by atoms with Gasteiger partial charge in [0, 0.05) is 15.5 Å². The maximum Gasteiger partial charge on any atom is 0.415 e. The summed E-state index contributed by atoms with van der Waals surface area (Å²) in [4.78, 5) is 10.5. The van der Waals surface area contributed by atoms with Crippen molar-refractivity contribution in [3.05, 3.63) is 0 Å². The first-order valence-electron chi connectivity index (χ1n) is 2.35. The number of amides is 1. The van der Waals surface area contributed by atoms with Crippen LogP contribution in [0.5, 0.6) is 0 Å². The zero-order valence-electron chi connectivity index (χ0n) is 4.46. The van der Waals surface area contributed by atoms with Gasteiger partial charge in [0.05, 0.1) is 6.54 Å².